The van der Waals surface area contributed by atoms with Crippen LogP contribution in [0.1, 0.15) is 15.2 Å². The van der Waals surface area contributed by atoms with Gasteiger partial charge in [-0.2, -0.15) is 0 Å². The van der Waals surface area contributed by atoms with Crippen LogP contribution in [0, 0.1) is 6.92 Å². The molecule has 5 rings (SSSR count). The van der Waals surface area contributed by atoms with Crippen LogP contribution in [-0.2, 0) is 0 Å². The third-order valence-corrected chi connectivity index (χ3v) is 6.74. The lowest BCUT2D eigenvalue weighted by Gasteiger charge is -2.32. The van der Waals surface area contributed by atoms with Crippen molar-refractivity contribution in [2.45, 2.75) is 6.92 Å². The summed E-state index contributed by atoms with van der Waals surface area (Å²) in [6, 6.07) is 10.2. The Morgan fingerprint density at radius 2 is 1.93 bits per heavy atom. The van der Waals surface area contributed by atoms with Crippen LogP contribution in [-0.4, -0.2) is 58.9 Å². The Balaban J connectivity index is 1.47. The minimum absolute atomic E-state index is 0.108. The molecule has 1 aliphatic heterocycles. The zero-order chi connectivity index (χ0) is 20.0. The van der Waals surface area contributed by atoms with Gasteiger partial charge in [-0.05, 0) is 49.9 Å². The Bertz CT molecular complexity index is 1200. The van der Waals surface area contributed by atoms with Crippen LogP contribution in [0.2, 0.25) is 0 Å². The molecule has 1 fully saturated rings. The highest BCUT2D eigenvalue weighted by Gasteiger charge is 2.22. The fourth-order valence-electron chi connectivity index (χ4n) is 3.88. The third kappa shape index (κ3) is 3.26. The van der Waals surface area contributed by atoms with Crippen molar-refractivity contribution in [2.75, 3.05) is 38.5 Å². The normalized spacial score (nSPS) is 15.3. The van der Waals surface area contributed by atoms with Gasteiger partial charge in [0.2, 0.25) is 0 Å². The molecule has 0 saturated carbocycles. The maximum Gasteiger partial charge on any atom is 0.264 e. The number of carbonyl (C=O) groups excluding carboxylic acids is 1. The van der Waals surface area contributed by atoms with E-state index in [1.807, 2.05) is 23.2 Å². The number of aromatic nitrogens is 2. The van der Waals surface area contributed by atoms with Crippen LogP contribution in [0.5, 0.6) is 0 Å². The molecule has 3 aromatic heterocycles. The first kappa shape index (κ1) is 18.1. The van der Waals surface area contributed by atoms with E-state index in [1.54, 1.807) is 6.20 Å². The number of nitrogens with zero attached hydrogens (tertiary/aromatic N) is 3. The summed E-state index contributed by atoms with van der Waals surface area (Å²) >= 11 is 1.47. The number of nitrogens with one attached hydrogen (secondary N) is 2. The standard InChI is InChI=1S/C22H23N5OS/c1-14-15-5-7-23-18(15)4-3-17(14)25-19-6-8-24-21-16(19)13-20(29-21)22(28)27-11-9-26(2)10-12-27/h3-8,13,23H,9-12H2,1-2H3,(H,24,25). The molecule has 2 N–H and O–H groups in total. The zero-order valence-electron chi connectivity index (χ0n) is 16.5. The van der Waals surface area contributed by atoms with Crippen molar-refractivity contribution in [1.82, 2.24) is 19.8 Å². The summed E-state index contributed by atoms with van der Waals surface area (Å²) < 4.78 is 0. The fraction of sp³-hybridized carbons (Fsp3) is 0.273. The number of rotatable bonds is 3. The van der Waals surface area contributed by atoms with Gasteiger partial charge in [0.1, 0.15) is 4.83 Å². The van der Waals surface area contributed by atoms with Gasteiger partial charge in [0.05, 0.1) is 10.6 Å². The Morgan fingerprint density at radius 3 is 2.76 bits per heavy atom. The molecule has 1 aromatic carbocycles. The van der Waals surface area contributed by atoms with Crippen LogP contribution < -0.4 is 5.32 Å². The number of hydrogen-bond donors (Lipinski definition) is 2. The lowest BCUT2D eigenvalue weighted by atomic mass is 10.1. The smallest absolute Gasteiger partial charge is 0.264 e. The number of aromatic amines is 1. The first-order valence-corrected chi connectivity index (χ1v) is 10.6. The summed E-state index contributed by atoms with van der Waals surface area (Å²) in [5, 5.41) is 5.75. The maximum atomic E-state index is 13.0. The number of benzene rings is 1. The fourth-order valence-corrected chi connectivity index (χ4v) is 4.88. The van der Waals surface area contributed by atoms with Crippen molar-refractivity contribution < 1.29 is 4.79 Å². The molecule has 0 unspecified atom stereocenters. The van der Waals surface area contributed by atoms with E-state index in [0.717, 1.165) is 58.2 Å². The highest BCUT2D eigenvalue weighted by atomic mass is 32.1. The van der Waals surface area contributed by atoms with E-state index in [-0.39, 0.29) is 5.91 Å². The lowest BCUT2D eigenvalue weighted by molar-refractivity contribution is 0.0669. The molecule has 1 saturated heterocycles. The van der Waals surface area contributed by atoms with Gasteiger partial charge in [-0.3, -0.25) is 4.79 Å². The molecular weight excluding hydrogens is 382 g/mol. The molecule has 0 spiro atoms. The molecule has 0 bridgehead atoms. The largest absolute Gasteiger partial charge is 0.361 e. The highest BCUT2D eigenvalue weighted by molar-refractivity contribution is 7.20. The predicted molar refractivity (Wildman–Crippen MR) is 119 cm³/mol. The second-order valence-electron chi connectivity index (χ2n) is 7.59. The molecule has 148 valence electrons. The minimum atomic E-state index is 0.108. The molecule has 29 heavy (non-hydrogen) atoms. The quantitative estimate of drug-likeness (QED) is 0.536. The molecule has 0 aliphatic carbocycles. The number of H-pyrrole nitrogens is 1. The van der Waals surface area contributed by atoms with E-state index >= 15 is 0 Å². The first-order chi connectivity index (χ1) is 14.1. The average molecular weight is 406 g/mol. The lowest BCUT2D eigenvalue weighted by Crippen LogP contribution is -2.46. The molecule has 1 amide bonds. The van der Waals surface area contributed by atoms with Crippen LogP contribution in [0.25, 0.3) is 21.1 Å². The second-order valence-corrected chi connectivity index (χ2v) is 8.62. The summed E-state index contributed by atoms with van der Waals surface area (Å²) in [6.07, 6.45) is 3.76. The van der Waals surface area contributed by atoms with Crippen molar-refractivity contribution in [1.29, 1.82) is 0 Å². The predicted octanol–water partition coefficient (Wildman–Crippen LogP) is 4.22. The number of amides is 1. The zero-order valence-corrected chi connectivity index (χ0v) is 17.3. The number of thiophene rings is 1. The number of pyridine rings is 1. The van der Waals surface area contributed by atoms with Gasteiger partial charge in [-0.25, -0.2) is 4.98 Å². The average Bonchev–Trinajstić information content (AvgIpc) is 3.38. The summed E-state index contributed by atoms with van der Waals surface area (Å²) in [6.45, 7) is 5.51. The number of carbonyl (C=O) groups is 1. The third-order valence-electron chi connectivity index (χ3n) is 5.71. The van der Waals surface area contributed by atoms with Gasteiger partial charge in [0.25, 0.3) is 5.91 Å². The molecule has 6 nitrogen and oxygen atoms in total. The SMILES string of the molecule is Cc1c(Nc2ccnc3sc(C(=O)N4CCN(C)CC4)cc23)ccc2[nH]ccc12. The van der Waals surface area contributed by atoms with Crippen molar-refractivity contribution in [3.05, 3.63) is 53.2 Å². The Kier molecular flexibility index (Phi) is 4.49. The number of anilines is 2. The number of likely N-dealkylation sites (N-methyl/N-ethyl adjacent to an activating group) is 1. The monoisotopic (exact) mass is 405 g/mol. The van der Waals surface area contributed by atoms with Crippen LogP contribution in [0.15, 0.2) is 42.7 Å². The Hall–Kier alpha value is -2.90. The van der Waals surface area contributed by atoms with E-state index in [1.165, 1.54) is 22.3 Å². The summed E-state index contributed by atoms with van der Waals surface area (Å²) in [4.78, 5) is 26.6. The number of aryl methyl sites for hydroxylation is 1. The van der Waals surface area contributed by atoms with Crippen molar-refractivity contribution in [3.8, 4) is 0 Å². The summed E-state index contributed by atoms with van der Waals surface area (Å²) in [7, 11) is 2.09. The molecule has 7 heteroatoms. The van der Waals surface area contributed by atoms with Gasteiger partial charge in [-0.1, -0.05) is 0 Å². The van der Waals surface area contributed by atoms with E-state index < -0.39 is 0 Å². The topological polar surface area (TPSA) is 64.3 Å². The second kappa shape index (κ2) is 7.17. The van der Waals surface area contributed by atoms with Crippen LogP contribution in [0.3, 0.4) is 0 Å². The van der Waals surface area contributed by atoms with Gasteiger partial charge < -0.3 is 20.1 Å². The van der Waals surface area contributed by atoms with E-state index in [2.05, 4.69) is 52.4 Å². The molecule has 4 heterocycles. The highest BCUT2D eigenvalue weighted by Crippen LogP contribution is 2.34. The van der Waals surface area contributed by atoms with E-state index in [9.17, 15) is 4.79 Å². The maximum absolute atomic E-state index is 13.0. The first-order valence-electron chi connectivity index (χ1n) is 9.80. The molecular formula is C22H23N5OS. The van der Waals surface area contributed by atoms with Crippen molar-refractivity contribution in [2.24, 2.45) is 0 Å². The molecule has 0 atom stereocenters. The Morgan fingerprint density at radius 1 is 1.10 bits per heavy atom. The van der Waals surface area contributed by atoms with Crippen LogP contribution >= 0.6 is 11.3 Å². The molecule has 4 aromatic rings. The van der Waals surface area contributed by atoms with Crippen molar-refractivity contribution in [3.63, 3.8) is 0 Å². The van der Waals surface area contributed by atoms with Gasteiger partial charge in [0, 0.05) is 60.5 Å². The number of hydrogen-bond acceptors (Lipinski definition) is 5. The minimum Gasteiger partial charge on any atom is -0.361 e. The summed E-state index contributed by atoms with van der Waals surface area (Å²) in [5.74, 6) is 0.108. The van der Waals surface area contributed by atoms with Gasteiger partial charge in [-0.15, -0.1) is 11.3 Å². The van der Waals surface area contributed by atoms with Crippen molar-refractivity contribution >= 4 is 49.7 Å². The van der Waals surface area contributed by atoms with E-state index in [0.29, 0.717) is 0 Å². The van der Waals surface area contributed by atoms with Gasteiger partial charge in [0.15, 0.2) is 0 Å². The molecule has 0 radical (unpaired) electrons. The van der Waals surface area contributed by atoms with Crippen LogP contribution in [0.4, 0.5) is 11.4 Å². The van der Waals surface area contributed by atoms with E-state index in [4.69, 9.17) is 0 Å². The summed E-state index contributed by atoms with van der Waals surface area (Å²) in [5.41, 5.74) is 4.35. The Labute approximate surface area is 173 Å². The van der Waals surface area contributed by atoms with Gasteiger partial charge >= 0.3 is 0 Å². The molecule has 1 aliphatic rings. The number of fused-ring (bicyclic) bond motifs is 2. The number of piperazine rings is 1.